The number of anilines is 2. The van der Waals surface area contributed by atoms with Crippen molar-refractivity contribution in [2.45, 2.75) is 0 Å². The molecule has 96 valence electrons. The lowest BCUT2D eigenvalue weighted by Gasteiger charge is -1.98. The van der Waals surface area contributed by atoms with Crippen LogP contribution in [0, 0.1) is 0 Å². The zero-order valence-corrected chi connectivity index (χ0v) is 11.3. The molecule has 0 saturated heterocycles. The van der Waals surface area contributed by atoms with Crippen molar-refractivity contribution < 1.29 is 0 Å². The number of benzene rings is 2. The number of hydrogen-bond donors (Lipinski definition) is 2. The van der Waals surface area contributed by atoms with E-state index in [1.54, 1.807) is 11.8 Å². The van der Waals surface area contributed by atoms with E-state index in [9.17, 15) is 0 Å². The molecule has 2 rings (SSSR count). The van der Waals surface area contributed by atoms with Crippen molar-refractivity contribution in [2.75, 3.05) is 11.5 Å². The van der Waals surface area contributed by atoms with E-state index in [-0.39, 0.29) is 0 Å². The molecule has 0 aliphatic carbocycles. The molecule has 0 aliphatic heterocycles. The van der Waals surface area contributed by atoms with Crippen LogP contribution in [0.3, 0.4) is 0 Å². The summed E-state index contributed by atoms with van der Waals surface area (Å²) < 4.78 is 0. The minimum absolute atomic E-state index is 0.788. The van der Waals surface area contributed by atoms with Gasteiger partial charge < -0.3 is 11.5 Å². The van der Waals surface area contributed by atoms with Gasteiger partial charge in [-0.05, 0) is 46.2 Å². The van der Waals surface area contributed by atoms with Crippen LogP contribution < -0.4 is 11.5 Å². The van der Waals surface area contributed by atoms with E-state index in [1.807, 2.05) is 71.5 Å². The van der Waals surface area contributed by atoms with Crippen LogP contribution >= 0.6 is 11.8 Å². The molecule has 19 heavy (non-hydrogen) atoms. The third-order valence-electron chi connectivity index (χ3n) is 2.64. The number of thioether (sulfide) groups is 1. The number of rotatable bonds is 4. The Balaban J connectivity index is 1.94. The van der Waals surface area contributed by atoms with E-state index in [0.717, 1.165) is 22.5 Å². The molecule has 0 amide bonds. The Kier molecular flexibility index (Phi) is 4.70. The summed E-state index contributed by atoms with van der Waals surface area (Å²) in [6.45, 7) is 0. The van der Waals surface area contributed by atoms with Crippen molar-refractivity contribution in [3.05, 3.63) is 70.5 Å². The molecule has 2 aromatic rings. The Morgan fingerprint density at radius 2 is 1.11 bits per heavy atom. The molecule has 0 spiro atoms. The Morgan fingerprint density at radius 3 is 1.53 bits per heavy atom. The van der Waals surface area contributed by atoms with Gasteiger partial charge >= 0.3 is 0 Å². The van der Waals surface area contributed by atoms with E-state index in [0.29, 0.717) is 0 Å². The van der Waals surface area contributed by atoms with Crippen molar-refractivity contribution in [1.29, 1.82) is 0 Å². The maximum Gasteiger partial charge on any atom is 0.0387 e. The normalized spacial score (nSPS) is 11.4. The van der Waals surface area contributed by atoms with Crippen LogP contribution in [0.4, 0.5) is 11.4 Å². The lowest BCUT2D eigenvalue weighted by molar-refractivity contribution is 1.64. The predicted octanol–water partition coefficient (Wildman–Crippen LogP) is 4.23. The minimum atomic E-state index is 0.788. The second-order valence-corrected chi connectivity index (χ2v) is 4.82. The van der Waals surface area contributed by atoms with Crippen LogP contribution in [0.1, 0.15) is 11.1 Å². The SMILES string of the molecule is Nc1ccccc1C=CSC=Cc1ccccc1N. The number of nitrogen functional groups attached to an aromatic ring is 2. The highest BCUT2D eigenvalue weighted by atomic mass is 32.2. The number of para-hydroxylation sites is 2. The summed E-state index contributed by atoms with van der Waals surface area (Å²) >= 11 is 1.59. The van der Waals surface area contributed by atoms with Gasteiger partial charge in [-0.1, -0.05) is 36.4 Å². The standard InChI is InChI=1S/C16H16N2S/c17-15-7-3-1-5-13(15)9-11-19-12-10-14-6-2-4-8-16(14)18/h1-12H,17-18H2. The lowest BCUT2D eigenvalue weighted by Crippen LogP contribution is -1.87. The van der Waals surface area contributed by atoms with Crippen LogP contribution in [0.2, 0.25) is 0 Å². The van der Waals surface area contributed by atoms with Crippen LogP contribution in [-0.2, 0) is 0 Å². The molecule has 2 nitrogen and oxygen atoms in total. The van der Waals surface area contributed by atoms with Gasteiger partial charge in [0, 0.05) is 11.4 Å². The van der Waals surface area contributed by atoms with Gasteiger partial charge in [-0.25, -0.2) is 0 Å². The zero-order chi connectivity index (χ0) is 13.5. The fraction of sp³-hybridized carbons (Fsp3) is 0. The molecule has 0 aliphatic rings. The van der Waals surface area contributed by atoms with Crippen molar-refractivity contribution in [3.63, 3.8) is 0 Å². The number of nitrogens with two attached hydrogens (primary N) is 2. The number of hydrogen-bond acceptors (Lipinski definition) is 3. The molecule has 0 unspecified atom stereocenters. The molecule has 0 saturated carbocycles. The van der Waals surface area contributed by atoms with E-state index >= 15 is 0 Å². The van der Waals surface area contributed by atoms with Gasteiger partial charge in [0.05, 0.1) is 0 Å². The van der Waals surface area contributed by atoms with Gasteiger partial charge in [0.2, 0.25) is 0 Å². The Bertz CT molecular complexity index is 550. The largest absolute Gasteiger partial charge is 0.398 e. The molecule has 0 heterocycles. The predicted molar refractivity (Wildman–Crippen MR) is 87.4 cm³/mol. The summed E-state index contributed by atoms with van der Waals surface area (Å²) in [4.78, 5) is 0. The molecule has 0 atom stereocenters. The fourth-order valence-corrected chi connectivity index (χ4v) is 2.14. The second kappa shape index (κ2) is 6.71. The third kappa shape index (κ3) is 3.93. The van der Waals surface area contributed by atoms with E-state index < -0.39 is 0 Å². The van der Waals surface area contributed by atoms with Crippen LogP contribution in [0.15, 0.2) is 59.3 Å². The summed E-state index contributed by atoms with van der Waals surface area (Å²) in [7, 11) is 0. The molecule has 3 heteroatoms. The first-order valence-corrected chi connectivity index (χ1v) is 6.89. The maximum atomic E-state index is 5.85. The van der Waals surface area contributed by atoms with Crippen molar-refractivity contribution in [3.8, 4) is 0 Å². The van der Waals surface area contributed by atoms with Crippen molar-refractivity contribution in [1.82, 2.24) is 0 Å². The Hall–Kier alpha value is -2.13. The summed E-state index contributed by atoms with van der Waals surface area (Å²) in [6.07, 6.45) is 4.00. The highest BCUT2D eigenvalue weighted by Crippen LogP contribution is 2.18. The summed E-state index contributed by atoms with van der Waals surface area (Å²) in [6, 6.07) is 15.6. The molecule has 4 N–H and O–H groups in total. The third-order valence-corrected chi connectivity index (χ3v) is 3.23. The van der Waals surface area contributed by atoms with E-state index in [1.165, 1.54) is 0 Å². The Labute approximate surface area is 117 Å². The van der Waals surface area contributed by atoms with Crippen LogP contribution in [-0.4, -0.2) is 0 Å². The first-order chi connectivity index (χ1) is 9.27. The average Bonchev–Trinajstić information content (AvgIpc) is 2.42. The van der Waals surface area contributed by atoms with E-state index in [4.69, 9.17) is 11.5 Å². The fourth-order valence-electron chi connectivity index (χ4n) is 1.60. The first-order valence-electron chi connectivity index (χ1n) is 5.95. The molecule has 2 aromatic carbocycles. The summed E-state index contributed by atoms with van der Waals surface area (Å²) in [5.74, 6) is 0. The minimum Gasteiger partial charge on any atom is -0.398 e. The molecular weight excluding hydrogens is 252 g/mol. The first kappa shape index (κ1) is 13.3. The smallest absolute Gasteiger partial charge is 0.0387 e. The van der Waals surface area contributed by atoms with Crippen LogP contribution in [0.5, 0.6) is 0 Å². The molecular formula is C16H16N2S. The summed E-state index contributed by atoms with van der Waals surface area (Å²) in [5, 5.41) is 4.00. The molecule has 0 aromatic heterocycles. The zero-order valence-electron chi connectivity index (χ0n) is 10.5. The topological polar surface area (TPSA) is 52.0 Å². The Morgan fingerprint density at radius 1 is 0.684 bits per heavy atom. The molecule has 0 radical (unpaired) electrons. The van der Waals surface area contributed by atoms with Gasteiger partial charge in [-0.3, -0.25) is 0 Å². The molecule has 0 fully saturated rings. The van der Waals surface area contributed by atoms with Gasteiger partial charge in [0.25, 0.3) is 0 Å². The molecule has 0 bridgehead atoms. The van der Waals surface area contributed by atoms with Crippen LogP contribution in [0.25, 0.3) is 12.2 Å². The highest BCUT2D eigenvalue weighted by Gasteiger charge is 1.92. The van der Waals surface area contributed by atoms with E-state index in [2.05, 4.69) is 0 Å². The van der Waals surface area contributed by atoms with Crippen molar-refractivity contribution in [2.24, 2.45) is 0 Å². The van der Waals surface area contributed by atoms with Gasteiger partial charge in [-0.2, -0.15) is 0 Å². The quantitative estimate of drug-likeness (QED) is 0.816. The monoisotopic (exact) mass is 268 g/mol. The highest BCUT2D eigenvalue weighted by molar-refractivity contribution is 8.05. The maximum absolute atomic E-state index is 5.85. The second-order valence-electron chi connectivity index (χ2n) is 4.00. The van der Waals surface area contributed by atoms with Gasteiger partial charge in [0.1, 0.15) is 0 Å². The van der Waals surface area contributed by atoms with Gasteiger partial charge in [0.15, 0.2) is 0 Å². The summed E-state index contributed by atoms with van der Waals surface area (Å²) in [5.41, 5.74) is 15.3. The van der Waals surface area contributed by atoms with Gasteiger partial charge in [-0.15, -0.1) is 11.8 Å². The van der Waals surface area contributed by atoms with Crippen molar-refractivity contribution >= 4 is 35.3 Å². The average molecular weight is 268 g/mol. The lowest BCUT2D eigenvalue weighted by atomic mass is 10.2.